The van der Waals surface area contributed by atoms with E-state index in [2.05, 4.69) is 15.4 Å². The van der Waals surface area contributed by atoms with Crippen molar-refractivity contribution >= 4 is 11.0 Å². The fourth-order valence-electron chi connectivity index (χ4n) is 1.20. The highest BCUT2D eigenvalue weighted by atomic mass is 19.4. The maximum absolute atomic E-state index is 12.4. The van der Waals surface area contributed by atoms with Crippen molar-refractivity contribution in [3.8, 4) is 6.07 Å². The van der Waals surface area contributed by atoms with Gasteiger partial charge in [-0.2, -0.15) is 33.8 Å². The summed E-state index contributed by atoms with van der Waals surface area (Å²) in [5.41, 5.74) is -0.874. The summed E-state index contributed by atoms with van der Waals surface area (Å²) in [4.78, 5) is 0. The first-order valence-corrected chi connectivity index (χ1v) is 3.84. The topological polar surface area (TPSA) is 65.4 Å². The molecule has 15 heavy (non-hydrogen) atoms. The number of halogens is 3. The Balaban J connectivity index is 2.76. The first kappa shape index (κ1) is 9.45. The molecule has 0 aliphatic rings. The molecule has 0 saturated heterocycles. The van der Waals surface area contributed by atoms with Crippen LogP contribution < -0.4 is 0 Å². The van der Waals surface area contributed by atoms with E-state index in [9.17, 15) is 13.2 Å². The van der Waals surface area contributed by atoms with Crippen molar-refractivity contribution in [2.75, 3.05) is 0 Å². The van der Waals surface area contributed by atoms with Gasteiger partial charge in [0.05, 0.1) is 11.1 Å². The highest BCUT2D eigenvalue weighted by molar-refractivity contribution is 5.81. The van der Waals surface area contributed by atoms with E-state index < -0.39 is 11.7 Å². The van der Waals surface area contributed by atoms with Crippen LogP contribution in [0.5, 0.6) is 0 Å². The molecule has 76 valence electrons. The molecule has 0 saturated carbocycles. The van der Waals surface area contributed by atoms with Crippen molar-refractivity contribution in [3.63, 3.8) is 0 Å². The van der Waals surface area contributed by atoms with Crippen LogP contribution in [0.2, 0.25) is 0 Å². The number of aromatic amines is 1. The Labute approximate surface area is 81.3 Å². The van der Waals surface area contributed by atoms with E-state index in [0.717, 1.165) is 12.1 Å². The van der Waals surface area contributed by atoms with Gasteiger partial charge >= 0.3 is 6.18 Å². The number of aromatic nitrogens is 3. The van der Waals surface area contributed by atoms with E-state index >= 15 is 0 Å². The molecular weight excluding hydrogens is 209 g/mol. The maximum atomic E-state index is 12.4. The number of alkyl halides is 3. The number of nitrogens with one attached hydrogen (secondary N) is 1. The molecule has 0 spiro atoms. The van der Waals surface area contributed by atoms with E-state index in [1.807, 2.05) is 0 Å². The van der Waals surface area contributed by atoms with Gasteiger partial charge in [-0.3, -0.25) is 0 Å². The number of hydrogen-bond donors (Lipinski definition) is 1. The molecule has 0 aliphatic heterocycles. The monoisotopic (exact) mass is 212 g/mol. The molecule has 1 N–H and O–H groups in total. The number of benzene rings is 1. The second-order valence-corrected chi connectivity index (χ2v) is 2.82. The van der Waals surface area contributed by atoms with Crippen LogP contribution >= 0.6 is 0 Å². The number of hydrogen-bond acceptors (Lipinski definition) is 3. The van der Waals surface area contributed by atoms with E-state index in [-0.39, 0.29) is 16.6 Å². The van der Waals surface area contributed by atoms with Crippen molar-refractivity contribution in [2.24, 2.45) is 0 Å². The summed E-state index contributed by atoms with van der Waals surface area (Å²) in [6.07, 6.45) is -4.49. The van der Waals surface area contributed by atoms with Crippen LogP contribution in [0.1, 0.15) is 11.1 Å². The largest absolute Gasteiger partial charge is 0.416 e. The molecule has 2 rings (SSSR count). The van der Waals surface area contributed by atoms with Crippen molar-refractivity contribution < 1.29 is 13.2 Å². The van der Waals surface area contributed by atoms with E-state index in [4.69, 9.17) is 5.26 Å². The third-order valence-corrected chi connectivity index (χ3v) is 1.87. The van der Waals surface area contributed by atoms with E-state index in [1.54, 1.807) is 6.07 Å². The quantitative estimate of drug-likeness (QED) is 0.724. The molecule has 2 aromatic rings. The SMILES string of the molecule is N#Cc1cc(C(F)(F)F)cc2n[nH]nc12. The van der Waals surface area contributed by atoms with Crippen LogP contribution in [-0.2, 0) is 6.18 Å². The molecule has 0 radical (unpaired) electrons. The predicted molar refractivity (Wildman–Crippen MR) is 43.6 cm³/mol. The summed E-state index contributed by atoms with van der Waals surface area (Å²) < 4.78 is 37.1. The van der Waals surface area contributed by atoms with E-state index in [1.165, 1.54) is 0 Å². The summed E-state index contributed by atoms with van der Waals surface area (Å²) in [5.74, 6) is 0. The Kier molecular flexibility index (Phi) is 1.86. The molecule has 0 atom stereocenters. The van der Waals surface area contributed by atoms with Gasteiger partial charge in [-0.25, -0.2) is 0 Å². The zero-order chi connectivity index (χ0) is 11.1. The lowest BCUT2D eigenvalue weighted by molar-refractivity contribution is -0.137. The first-order chi connectivity index (χ1) is 7.02. The number of nitrogens with zero attached hydrogens (tertiary/aromatic N) is 3. The maximum Gasteiger partial charge on any atom is 0.416 e. The molecule has 0 bridgehead atoms. The van der Waals surface area contributed by atoms with Crippen LogP contribution in [-0.4, -0.2) is 15.4 Å². The number of nitriles is 1. The Morgan fingerprint density at radius 3 is 2.60 bits per heavy atom. The van der Waals surface area contributed by atoms with Crippen molar-refractivity contribution in [1.82, 2.24) is 15.4 Å². The third-order valence-electron chi connectivity index (χ3n) is 1.87. The van der Waals surface area contributed by atoms with Crippen molar-refractivity contribution in [3.05, 3.63) is 23.3 Å². The minimum atomic E-state index is -4.49. The summed E-state index contributed by atoms with van der Waals surface area (Å²) in [7, 11) is 0. The molecule has 0 fully saturated rings. The van der Waals surface area contributed by atoms with Gasteiger partial charge in [0.1, 0.15) is 17.1 Å². The van der Waals surface area contributed by atoms with Gasteiger partial charge in [0.15, 0.2) is 0 Å². The third kappa shape index (κ3) is 1.50. The summed E-state index contributed by atoms with van der Waals surface area (Å²) in [6, 6.07) is 3.25. The molecule has 1 aromatic carbocycles. The predicted octanol–water partition coefficient (Wildman–Crippen LogP) is 1.85. The van der Waals surface area contributed by atoms with Gasteiger partial charge in [0.2, 0.25) is 0 Å². The van der Waals surface area contributed by atoms with Gasteiger partial charge < -0.3 is 0 Å². The molecule has 4 nitrogen and oxygen atoms in total. The van der Waals surface area contributed by atoms with Crippen molar-refractivity contribution in [2.45, 2.75) is 6.18 Å². The Morgan fingerprint density at radius 1 is 1.27 bits per heavy atom. The average Bonchev–Trinajstić information content (AvgIpc) is 2.62. The lowest BCUT2D eigenvalue weighted by atomic mass is 10.1. The smallest absolute Gasteiger partial charge is 0.197 e. The fourth-order valence-corrected chi connectivity index (χ4v) is 1.20. The first-order valence-electron chi connectivity index (χ1n) is 3.84. The normalized spacial score (nSPS) is 11.6. The fraction of sp³-hybridized carbons (Fsp3) is 0.125. The Hall–Kier alpha value is -2.10. The molecule has 0 unspecified atom stereocenters. The summed E-state index contributed by atoms with van der Waals surface area (Å²) in [5, 5.41) is 17.9. The molecular formula is C8H3F3N4. The second kappa shape index (κ2) is 2.95. The van der Waals surface area contributed by atoms with Crippen LogP contribution in [0.15, 0.2) is 12.1 Å². The molecule has 7 heteroatoms. The molecule has 1 heterocycles. The molecule has 0 aliphatic carbocycles. The van der Waals surface area contributed by atoms with Gasteiger partial charge in [-0.1, -0.05) is 0 Å². The number of fused-ring (bicyclic) bond motifs is 1. The summed E-state index contributed by atoms with van der Waals surface area (Å²) >= 11 is 0. The highest BCUT2D eigenvalue weighted by Gasteiger charge is 2.31. The second-order valence-electron chi connectivity index (χ2n) is 2.82. The van der Waals surface area contributed by atoms with E-state index in [0.29, 0.717) is 0 Å². The van der Waals surface area contributed by atoms with Crippen LogP contribution in [0.3, 0.4) is 0 Å². The van der Waals surface area contributed by atoms with Crippen LogP contribution in [0.25, 0.3) is 11.0 Å². The van der Waals surface area contributed by atoms with Crippen molar-refractivity contribution in [1.29, 1.82) is 5.26 Å². The van der Waals surface area contributed by atoms with Gasteiger partial charge in [0.25, 0.3) is 0 Å². The zero-order valence-electron chi connectivity index (χ0n) is 7.13. The minimum Gasteiger partial charge on any atom is -0.197 e. The minimum absolute atomic E-state index is 0.0291. The van der Waals surface area contributed by atoms with Gasteiger partial charge in [0, 0.05) is 0 Å². The lowest BCUT2D eigenvalue weighted by Crippen LogP contribution is -2.05. The molecule has 0 amide bonds. The number of H-pyrrole nitrogens is 1. The standard InChI is InChI=1S/C8H3F3N4/c9-8(10,11)5-1-4(3-12)7-6(2-5)13-15-14-7/h1-2H,(H,13,14,15). The van der Waals surface area contributed by atoms with Crippen LogP contribution in [0, 0.1) is 11.3 Å². The zero-order valence-corrected chi connectivity index (χ0v) is 7.13. The van der Waals surface area contributed by atoms with Gasteiger partial charge in [-0.05, 0) is 12.1 Å². The van der Waals surface area contributed by atoms with Gasteiger partial charge in [-0.15, -0.1) is 0 Å². The Morgan fingerprint density at radius 2 is 2.00 bits per heavy atom. The Bertz CT molecular complexity index is 549. The number of rotatable bonds is 0. The lowest BCUT2D eigenvalue weighted by Gasteiger charge is -2.05. The highest BCUT2D eigenvalue weighted by Crippen LogP contribution is 2.31. The van der Waals surface area contributed by atoms with Crippen LogP contribution in [0.4, 0.5) is 13.2 Å². The summed E-state index contributed by atoms with van der Waals surface area (Å²) in [6.45, 7) is 0. The average molecular weight is 212 g/mol. The molecule has 1 aromatic heterocycles.